The Labute approximate surface area is 129 Å². The van der Waals surface area contributed by atoms with Gasteiger partial charge < -0.3 is 10.1 Å². The van der Waals surface area contributed by atoms with Crippen molar-refractivity contribution in [1.82, 2.24) is 10.2 Å². The van der Waals surface area contributed by atoms with E-state index in [1.54, 1.807) is 0 Å². The highest BCUT2D eigenvalue weighted by Gasteiger charge is 2.22. The number of hydrogen-bond donors (Lipinski definition) is 1. The summed E-state index contributed by atoms with van der Waals surface area (Å²) in [7, 11) is 0. The van der Waals surface area contributed by atoms with Gasteiger partial charge in [-0.15, -0.1) is 0 Å². The zero-order valence-corrected chi connectivity index (χ0v) is 13.6. The lowest BCUT2D eigenvalue weighted by molar-refractivity contribution is 0.193. The van der Waals surface area contributed by atoms with Crippen LogP contribution in [0.1, 0.15) is 45.1 Å². The third kappa shape index (κ3) is 5.33. The summed E-state index contributed by atoms with van der Waals surface area (Å²) in [6, 6.07) is 9.24. The molecule has 0 amide bonds. The topological polar surface area (TPSA) is 24.5 Å². The van der Waals surface area contributed by atoms with Gasteiger partial charge in [-0.3, -0.25) is 4.90 Å². The average molecular weight is 290 g/mol. The lowest BCUT2D eigenvalue weighted by Crippen LogP contribution is -2.32. The molecule has 1 aliphatic heterocycles. The quantitative estimate of drug-likeness (QED) is 0.705. The molecule has 1 aliphatic rings. The second-order valence-electron chi connectivity index (χ2n) is 5.91. The van der Waals surface area contributed by atoms with E-state index in [1.165, 1.54) is 37.8 Å². The number of benzene rings is 1. The Hall–Kier alpha value is -1.06. The highest BCUT2D eigenvalue weighted by Crippen LogP contribution is 2.19. The molecule has 3 heteroatoms. The summed E-state index contributed by atoms with van der Waals surface area (Å²) < 4.78 is 5.94. The summed E-state index contributed by atoms with van der Waals surface area (Å²) >= 11 is 0. The van der Waals surface area contributed by atoms with Gasteiger partial charge in [0.05, 0.1) is 0 Å². The van der Waals surface area contributed by atoms with Crippen molar-refractivity contribution < 1.29 is 4.74 Å². The molecular weight excluding hydrogens is 260 g/mol. The van der Waals surface area contributed by atoms with E-state index in [0.717, 1.165) is 38.0 Å². The third-order valence-electron chi connectivity index (χ3n) is 4.27. The third-order valence-corrected chi connectivity index (χ3v) is 4.27. The minimum absolute atomic E-state index is 0.776. The Morgan fingerprint density at radius 2 is 2.24 bits per heavy atom. The summed E-state index contributed by atoms with van der Waals surface area (Å²) in [6.07, 6.45) is 5.13. The van der Waals surface area contributed by atoms with Crippen LogP contribution in [0.5, 0.6) is 5.75 Å². The second-order valence-corrected chi connectivity index (χ2v) is 5.91. The predicted octanol–water partition coefficient (Wildman–Crippen LogP) is 3.44. The minimum Gasteiger partial charge on any atom is -0.492 e. The fourth-order valence-electron chi connectivity index (χ4n) is 3.09. The van der Waals surface area contributed by atoms with Gasteiger partial charge in [-0.25, -0.2) is 0 Å². The van der Waals surface area contributed by atoms with E-state index in [1.807, 2.05) is 0 Å². The molecule has 0 bridgehead atoms. The Kier molecular flexibility index (Phi) is 7.04. The average Bonchev–Trinajstić information content (AvgIpc) is 2.96. The van der Waals surface area contributed by atoms with Crippen LogP contribution in [-0.2, 0) is 6.54 Å². The Bertz CT molecular complexity index is 408. The van der Waals surface area contributed by atoms with E-state index in [2.05, 4.69) is 48.3 Å². The summed E-state index contributed by atoms with van der Waals surface area (Å²) in [5, 5.41) is 3.43. The standard InChI is InChI=1S/C18H30N2O/c1-3-10-19-15-16-7-5-9-18(14-16)21-13-12-20-11-6-8-17(20)4-2/h5,7,9,14,17,19H,3-4,6,8,10-13,15H2,1-2H3. The van der Waals surface area contributed by atoms with Gasteiger partial charge in [0.15, 0.2) is 0 Å². The zero-order chi connectivity index (χ0) is 14.9. The molecule has 0 spiro atoms. The summed E-state index contributed by atoms with van der Waals surface area (Å²) in [5.74, 6) is 0.998. The fourth-order valence-corrected chi connectivity index (χ4v) is 3.09. The van der Waals surface area contributed by atoms with Crippen LogP contribution in [0.3, 0.4) is 0 Å². The van der Waals surface area contributed by atoms with Crippen LogP contribution in [0.4, 0.5) is 0 Å². The predicted molar refractivity (Wildman–Crippen MR) is 88.8 cm³/mol. The molecule has 1 atom stereocenters. The Morgan fingerprint density at radius 1 is 1.33 bits per heavy atom. The maximum atomic E-state index is 5.94. The molecule has 1 aromatic carbocycles. The first-order valence-corrected chi connectivity index (χ1v) is 8.50. The van der Waals surface area contributed by atoms with Crippen molar-refractivity contribution in [3.05, 3.63) is 29.8 Å². The molecule has 1 N–H and O–H groups in total. The van der Waals surface area contributed by atoms with Crippen molar-refractivity contribution in [3.8, 4) is 5.75 Å². The molecule has 0 aliphatic carbocycles. The number of hydrogen-bond acceptors (Lipinski definition) is 3. The summed E-state index contributed by atoms with van der Waals surface area (Å²) in [5.41, 5.74) is 1.30. The molecule has 3 nitrogen and oxygen atoms in total. The molecule has 1 heterocycles. The van der Waals surface area contributed by atoms with Crippen molar-refractivity contribution in [2.45, 2.75) is 52.1 Å². The molecule has 0 aromatic heterocycles. The molecule has 0 radical (unpaired) electrons. The second kappa shape index (κ2) is 9.06. The number of ether oxygens (including phenoxy) is 1. The van der Waals surface area contributed by atoms with Crippen molar-refractivity contribution in [3.63, 3.8) is 0 Å². The smallest absolute Gasteiger partial charge is 0.119 e. The minimum atomic E-state index is 0.776. The molecule has 1 unspecified atom stereocenters. The van der Waals surface area contributed by atoms with E-state index < -0.39 is 0 Å². The van der Waals surface area contributed by atoms with Gasteiger partial charge >= 0.3 is 0 Å². The maximum Gasteiger partial charge on any atom is 0.119 e. The monoisotopic (exact) mass is 290 g/mol. The highest BCUT2D eigenvalue weighted by atomic mass is 16.5. The van der Waals surface area contributed by atoms with Gasteiger partial charge in [-0.2, -0.15) is 0 Å². The van der Waals surface area contributed by atoms with E-state index in [9.17, 15) is 0 Å². The fraction of sp³-hybridized carbons (Fsp3) is 0.667. The van der Waals surface area contributed by atoms with Crippen LogP contribution in [0.25, 0.3) is 0 Å². The van der Waals surface area contributed by atoms with E-state index >= 15 is 0 Å². The molecule has 1 fully saturated rings. The number of likely N-dealkylation sites (tertiary alicyclic amines) is 1. The Balaban J connectivity index is 1.73. The van der Waals surface area contributed by atoms with Crippen LogP contribution in [0, 0.1) is 0 Å². The highest BCUT2D eigenvalue weighted by molar-refractivity contribution is 5.28. The van der Waals surface area contributed by atoms with E-state index in [4.69, 9.17) is 4.74 Å². The van der Waals surface area contributed by atoms with Crippen LogP contribution >= 0.6 is 0 Å². The van der Waals surface area contributed by atoms with Crippen LogP contribution < -0.4 is 10.1 Å². The molecule has 118 valence electrons. The lowest BCUT2D eigenvalue weighted by Gasteiger charge is -2.23. The van der Waals surface area contributed by atoms with Crippen molar-refractivity contribution in [2.24, 2.45) is 0 Å². The lowest BCUT2D eigenvalue weighted by atomic mass is 10.2. The summed E-state index contributed by atoms with van der Waals surface area (Å²) in [4.78, 5) is 2.58. The number of nitrogens with one attached hydrogen (secondary N) is 1. The molecule has 2 rings (SSSR count). The van der Waals surface area contributed by atoms with Gasteiger partial charge in [0.1, 0.15) is 12.4 Å². The normalized spacial score (nSPS) is 19.0. The van der Waals surface area contributed by atoms with Crippen molar-refractivity contribution in [2.75, 3.05) is 26.2 Å². The van der Waals surface area contributed by atoms with Gasteiger partial charge in [0.25, 0.3) is 0 Å². The first kappa shape index (κ1) is 16.3. The maximum absolute atomic E-state index is 5.94. The van der Waals surface area contributed by atoms with Gasteiger partial charge in [0, 0.05) is 19.1 Å². The van der Waals surface area contributed by atoms with Crippen LogP contribution in [-0.4, -0.2) is 37.2 Å². The van der Waals surface area contributed by atoms with Crippen LogP contribution in [0.2, 0.25) is 0 Å². The van der Waals surface area contributed by atoms with Gasteiger partial charge in [-0.1, -0.05) is 26.0 Å². The number of nitrogens with zero attached hydrogens (tertiary/aromatic N) is 1. The molecule has 1 aromatic rings. The van der Waals surface area contributed by atoms with Crippen molar-refractivity contribution in [1.29, 1.82) is 0 Å². The number of rotatable bonds is 9. The molecule has 0 saturated carbocycles. The van der Waals surface area contributed by atoms with Gasteiger partial charge in [0.2, 0.25) is 0 Å². The molecule has 1 saturated heterocycles. The molecule has 21 heavy (non-hydrogen) atoms. The summed E-state index contributed by atoms with van der Waals surface area (Å²) in [6.45, 7) is 9.56. The largest absolute Gasteiger partial charge is 0.492 e. The van der Waals surface area contributed by atoms with Gasteiger partial charge in [-0.05, 0) is 56.5 Å². The Morgan fingerprint density at radius 3 is 3.05 bits per heavy atom. The van der Waals surface area contributed by atoms with E-state index in [-0.39, 0.29) is 0 Å². The van der Waals surface area contributed by atoms with Crippen molar-refractivity contribution >= 4 is 0 Å². The molecular formula is C18H30N2O. The first-order chi connectivity index (χ1) is 10.3. The first-order valence-electron chi connectivity index (χ1n) is 8.50. The zero-order valence-electron chi connectivity index (χ0n) is 13.6. The SMILES string of the molecule is CCCNCc1cccc(OCCN2CCCC2CC)c1. The van der Waals surface area contributed by atoms with E-state index in [0.29, 0.717) is 0 Å². The van der Waals surface area contributed by atoms with Crippen LogP contribution in [0.15, 0.2) is 24.3 Å².